The van der Waals surface area contributed by atoms with Gasteiger partial charge in [0.2, 0.25) is 10.0 Å². The minimum atomic E-state index is -3.57. The van der Waals surface area contributed by atoms with E-state index in [4.69, 9.17) is 4.74 Å². The van der Waals surface area contributed by atoms with E-state index in [1.165, 1.54) is 25.3 Å². The first-order valence-corrected chi connectivity index (χ1v) is 6.23. The Bertz CT molecular complexity index is 436. The largest absolute Gasteiger partial charge is 0.508 e. The standard InChI is InChI=1S/C10H15NO4S/c1-8-5-9(12)7-10(6-8)16(13,14)11-3-4-15-2/h5-7,11-12H,3-4H2,1-2H3. The summed E-state index contributed by atoms with van der Waals surface area (Å²) in [4.78, 5) is 0.0566. The van der Waals surface area contributed by atoms with Crippen molar-refractivity contribution in [2.75, 3.05) is 20.3 Å². The van der Waals surface area contributed by atoms with Crippen molar-refractivity contribution in [1.82, 2.24) is 4.72 Å². The van der Waals surface area contributed by atoms with Gasteiger partial charge in [0.15, 0.2) is 0 Å². The van der Waals surface area contributed by atoms with Gasteiger partial charge in [0, 0.05) is 13.7 Å². The van der Waals surface area contributed by atoms with E-state index in [1.807, 2.05) is 0 Å². The fourth-order valence-electron chi connectivity index (χ4n) is 1.24. The molecule has 0 spiro atoms. The van der Waals surface area contributed by atoms with Gasteiger partial charge in [-0.25, -0.2) is 13.1 Å². The third-order valence-corrected chi connectivity index (χ3v) is 3.38. The van der Waals surface area contributed by atoms with E-state index in [0.717, 1.165) is 0 Å². The quantitative estimate of drug-likeness (QED) is 0.746. The van der Waals surface area contributed by atoms with Crippen molar-refractivity contribution in [3.8, 4) is 5.75 Å². The first-order chi connectivity index (χ1) is 7.45. The molecular weight excluding hydrogens is 230 g/mol. The zero-order valence-corrected chi connectivity index (χ0v) is 10.0. The van der Waals surface area contributed by atoms with Crippen molar-refractivity contribution >= 4 is 10.0 Å². The smallest absolute Gasteiger partial charge is 0.240 e. The summed E-state index contributed by atoms with van der Waals surface area (Å²) in [5, 5.41) is 9.31. The molecule has 6 heteroatoms. The molecule has 0 radical (unpaired) electrons. The molecular formula is C10H15NO4S. The lowest BCUT2D eigenvalue weighted by atomic mass is 10.2. The Labute approximate surface area is 95.1 Å². The Kier molecular flexibility index (Phi) is 4.28. The Hall–Kier alpha value is -1.11. The SMILES string of the molecule is COCCNS(=O)(=O)c1cc(C)cc(O)c1. The minimum Gasteiger partial charge on any atom is -0.508 e. The number of rotatable bonds is 5. The van der Waals surface area contributed by atoms with E-state index >= 15 is 0 Å². The van der Waals surface area contributed by atoms with Crippen LogP contribution in [0, 0.1) is 6.92 Å². The number of ether oxygens (including phenoxy) is 1. The number of benzene rings is 1. The molecule has 1 aromatic rings. The van der Waals surface area contributed by atoms with Gasteiger partial charge in [-0.15, -0.1) is 0 Å². The highest BCUT2D eigenvalue weighted by Crippen LogP contribution is 2.18. The van der Waals surface area contributed by atoms with Crippen molar-refractivity contribution in [3.05, 3.63) is 23.8 Å². The van der Waals surface area contributed by atoms with Crippen LogP contribution in [0.1, 0.15) is 5.56 Å². The molecule has 90 valence electrons. The van der Waals surface area contributed by atoms with Gasteiger partial charge < -0.3 is 9.84 Å². The predicted molar refractivity (Wildman–Crippen MR) is 59.9 cm³/mol. The Morgan fingerprint density at radius 3 is 2.62 bits per heavy atom. The van der Waals surface area contributed by atoms with Gasteiger partial charge in [-0.3, -0.25) is 0 Å². The van der Waals surface area contributed by atoms with Crippen molar-refractivity contribution in [3.63, 3.8) is 0 Å². The Morgan fingerprint density at radius 1 is 1.38 bits per heavy atom. The molecule has 5 nitrogen and oxygen atoms in total. The van der Waals surface area contributed by atoms with Crippen LogP contribution in [0.4, 0.5) is 0 Å². The molecule has 1 aromatic carbocycles. The fraction of sp³-hybridized carbons (Fsp3) is 0.400. The molecule has 2 N–H and O–H groups in total. The lowest BCUT2D eigenvalue weighted by molar-refractivity contribution is 0.204. The summed E-state index contributed by atoms with van der Waals surface area (Å²) in [6, 6.07) is 4.20. The summed E-state index contributed by atoms with van der Waals surface area (Å²) in [5.41, 5.74) is 0.687. The van der Waals surface area contributed by atoms with Gasteiger partial charge in [-0.2, -0.15) is 0 Å². The van der Waals surface area contributed by atoms with Crippen LogP contribution in [0.15, 0.2) is 23.1 Å². The zero-order valence-electron chi connectivity index (χ0n) is 9.23. The lowest BCUT2D eigenvalue weighted by Gasteiger charge is -2.07. The van der Waals surface area contributed by atoms with Crippen LogP contribution >= 0.6 is 0 Å². The maximum absolute atomic E-state index is 11.7. The molecule has 0 fully saturated rings. The van der Waals surface area contributed by atoms with E-state index in [9.17, 15) is 13.5 Å². The highest BCUT2D eigenvalue weighted by molar-refractivity contribution is 7.89. The van der Waals surface area contributed by atoms with Gasteiger partial charge in [0.25, 0.3) is 0 Å². The van der Waals surface area contributed by atoms with Crippen molar-refractivity contribution in [2.24, 2.45) is 0 Å². The van der Waals surface area contributed by atoms with Gasteiger partial charge >= 0.3 is 0 Å². The Morgan fingerprint density at radius 2 is 2.06 bits per heavy atom. The first-order valence-electron chi connectivity index (χ1n) is 4.75. The molecule has 0 aliphatic heterocycles. The van der Waals surface area contributed by atoms with Gasteiger partial charge in [-0.1, -0.05) is 0 Å². The normalized spacial score (nSPS) is 11.6. The number of methoxy groups -OCH3 is 1. The highest BCUT2D eigenvalue weighted by Gasteiger charge is 2.14. The van der Waals surface area contributed by atoms with Crippen LogP contribution < -0.4 is 4.72 Å². The van der Waals surface area contributed by atoms with E-state index in [1.54, 1.807) is 6.92 Å². The summed E-state index contributed by atoms with van der Waals surface area (Å²) < 4.78 is 30.6. The molecule has 1 rings (SSSR count). The van der Waals surface area contributed by atoms with Crippen molar-refractivity contribution in [2.45, 2.75) is 11.8 Å². The molecule has 0 bridgehead atoms. The molecule has 0 heterocycles. The number of phenols is 1. The van der Waals surface area contributed by atoms with E-state index < -0.39 is 10.0 Å². The monoisotopic (exact) mass is 245 g/mol. The maximum atomic E-state index is 11.7. The molecule has 16 heavy (non-hydrogen) atoms. The van der Waals surface area contributed by atoms with Crippen LogP contribution in [-0.4, -0.2) is 33.8 Å². The summed E-state index contributed by atoms with van der Waals surface area (Å²) in [6.07, 6.45) is 0. The molecule has 0 saturated heterocycles. The maximum Gasteiger partial charge on any atom is 0.240 e. The average molecular weight is 245 g/mol. The van der Waals surface area contributed by atoms with Crippen LogP contribution in [0.5, 0.6) is 5.75 Å². The third kappa shape index (κ3) is 3.48. The fourth-order valence-corrected chi connectivity index (χ4v) is 2.38. The van der Waals surface area contributed by atoms with Crippen molar-refractivity contribution < 1.29 is 18.3 Å². The number of nitrogens with one attached hydrogen (secondary N) is 1. The van der Waals surface area contributed by atoms with Crippen molar-refractivity contribution in [1.29, 1.82) is 0 Å². The zero-order chi connectivity index (χ0) is 12.2. The van der Waals surface area contributed by atoms with Gasteiger partial charge in [0.1, 0.15) is 5.75 Å². The molecule has 0 unspecified atom stereocenters. The second-order valence-electron chi connectivity index (χ2n) is 3.39. The van der Waals surface area contributed by atoms with Crippen LogP contribution in [0.2, 0.25) is 0 Å². The number of sulfonamides is 1. The number of aryl methyl sites for hydroxylation is 1. The summed E-state index contributed by atoms with van der Waals surface area (Å²) >= 11 is 0. The molecule has 0 atom stereocenters. The molecule has 0 aliphatic rings. The second kappa shape index (κ2) is 5.29. The van der Waals surface area contributed by atoms with Crippen LogP contribution in [-0.2, 0) is 14.8 Å². The molecule has 0 aromatic heterocycles. The summed E-state index contributed by atoms with van der Waals surface area (Å²) in [5.74, 6) is -0.0629. The number of hydrogen-bond acceptors (Lipinski definition) is 4. The third-order valence-electron chi connectivity index (χ3n) is 1.94. The highest BCUT2D eigenvalue weighted by atomic mass is 32.2. The number of aromatic hydroxyl groups is 1. The molecule has 0 saturated carbocycles. The summed E-state index contributed by atoms with van der Waals surface area (Å²) in [7, 11) is -2.07. The van der Waals surface area contributed by atoms with Crippen LogP contribution in [0.3, 0.4) is 0 Å². The van der Waals surface area contributed by atoms with Gasteiger partial charge in [-0.05, 0) is 30.7 Å². The topological polar surface area (TPSA) is 75.6 Å². The molecule has 0 amide bonds. The average Bonchev–Trinajstić information content (AvgIpc) is 2.16. The van der Waals surface area contributed by atoms with E-state index in [2.05, 4.69) is 4.72 Å². The first kappa shape index (κ1) is 13.0. The number of hydrogen-bond donors (Lipinski definition) is 2. The van der Waals surface area contributed by atoms with Crippen LogP contribution in [0.25, 0.3) is 0 Å². The lowest BCUT2D eigenvalue weighted by Crippen LogP contribution is -2.27. The second-order valence-corrected chi connectivity index (χ2v) is 5.16. The van der Waals surface area contributed by atoms with Gasteiger partial charge in [0.05, 0.1) is 11.5 Å². The Balaban J connectivity index is 2.89. The molecule has 0 aliphatic carbocycles. The summed E-state index contributed by atoms with van der Waals surface area (Å²) in [6.45, 7) is 2.22. The predicted octanol–water partition coefficient (Wildman–Crippen LogP) is 0.625. The van der Waals surface area contributed by atoms with E-state index in [0.29, 0.717) is 12.2 Å². The number of phenolic OH excluding ortho intramolecular Hbond substituents is 1. The minimum absolute atomic E-state index is 0.0566. The van der Waals surface area contributed by atoms with E-state index in [-0.39, 0.29) is 17.2 Å².